The van der Waals surface area contributed by atoms with Gasteiger partial charge in [0.1, 0.15) is 0 Å². The predicted molar refractivity (Wildman–Crippen MR) is 133 cm³/mol. The lowest BCUT2D eigenvalue weighted by Crippen LogP contribution is -2.28. The van der Waals surface area contributed by atoms with E-state index in [2.05, 4.69) is 20.5 Å². The van der Waals surface area contributed by atoms with E-state index in [1.807, 2.05) is 73.0 Å². The predicted octanol–water partition coefficient (Wildman–Crippen LogP) is 5.91. The molecule has 0 aliphatic carbocycles. The van der Waals surface area contributed by atoms with Crippen molar-refractivity contribution in [2.75, 3.05) is 5.75 Å². The molecule has 1 N–H and O–H groups in total. The zero-order chi connectivity index (χ0) is 23.4. The Labute approximate surface area is 206 Å². The Hall–Kier alpha value is -2.87. The van der Waals surface area contributed by atoms with Crippen LogP contribution < -0.4 is 5.32 Å². The fourth-order valence-electron chi connectivity index (χ4n) is 3.35. The van der Waals surface area contributed by atoms with Gasteiger partial charge in [0.05, 0.1) is 17.5 Å². The van der Waals surface area contributed by atoms with Gasteiger partial charge in [-0.15, -0.1) is 10.2 Å². The minimum Gasteiger partial charge on any atom is -0.349 e. The first kappa shape index (κ1) is 23.3. The van der Waals surface area contributed by atoms with Crippen LogP contribution >= 0.6 is 35.0 Å². The fraction of sp³-hybridized carbons (Fsp3) is 0.167. The Morgan fingerprint density at radius 2 is 1.79 bits per heavy atom. The number of carbonyl (C=O) groups excluding carboxylic acids is 1. The van der Waals surface area contributed by atoms with Crippen LogP contribution in [0.1, 0.15) is 24.1 Å². The lowest BCUT2D eigenvalue weighted by Gasteiger charge is -2.15. The van der Waals surface area contributed by atoms with E-state index in [9.17, 15) is 4.79 Å². The van der Waals surface area contributed by atoms with Gasteiger partial charge in [0.15, 0.2) is 11.0 Å². The van der Waals surface area contributed by atoms with Crippen LogP contribution in [0.5, 0.6) is 0 Å². The molecule has 168 valence electrons. The summed E-state index contributed by atoms with van der Waals surface area (Å²) in [5.74, 6) is 0.733. The van der Waals surface area contributed by atoms with E-state index in [1.165, 1.54) is 11.8 Å². The van der Waals surface area contributed by atoms with Crippen molar-refractivity contribution in [2.24, 2.45) is 0 Å². The third-order valence-electron chi connectivity index (χ3n) is 5.13. The Bertz CT molecular complexity index is 1260. The number of benzene rings is 2. The average Bonchev–Trinajstić information content (AvgIpc) is 3.24. The number of nitrogens with one attached hydrogen (secondary N) is 1. The van der Waals surface area contributed by atoms with Crippen molar-refractivity contribution in [1.82, 2.24) is 25.1 Å². The summed E-state index contributed by atoms with van der Waals surface area (Å²) in [5, 5.41) is 13.7. The zero-order valence-electron chi connectivity index (χ0n) is 18.0. The van der Waals surface area contributed by atoms with Crippen LogP contribution in [-0.4, -0.2) is 31.4 Å². The summed E-state index contributed by atoms with van der Waals surface area (Å²) in [6.45, 7) is 3.88. The molecule has 0 saturated carbocycles. The van der Waals surface area contributed by atoms with Gasteiger partial charge in [-0.05, 0) is 61.4 Å². The van der Waals surface area contributed by atoms with Crippen molar-refractivity contribution < 1.29 is 4.79 Å². The van der Waals surface area contributed by atoms with E-state index in [4.69, 9.17) is 23.2 Å². The van der Waals surface area contributed by atoms with Gasteiger partial charge in [0.2, 0.25) is 5.91 Å². The van der Waals surface area contributed by atoms with Crippen molar-refractivity contribution >= 4 is 40.9 Å². The minimum absolute atomic E-state index is 0.106. The molecule has 0 saturated heterocycles. The van der Waals surface area contributed by atoms with Gasteiger partial charge in [0, 0.05) is 28.0 Å². The molecule has 4 aromatic rings. The topological polar surface area (TPSA) is 72.7 Å². The molecule has 33 heavy (non-hydrogen) atoms. The summed E-state index contributed by atoms with van der Waals surface area (Å²) in [4.78, 5) is 16.8. The van der Waals surface area contributed by atoms with Crippen LogP contribution in [0.15, 0.2) is 72.1 Å². The molecule has 0 radical (unpaired) electrons. The molecular formula is C24H21Cl2N5OS. The number of nitrogens with zero attached hydrogens (tertiary/aromatic N) is 4. The second-order valence-electron chi connectivity index (χ2n) is 7.39. The van der Waals surface area contributed by atoms with Crippen LogP contribution in [-0.2, 0) is 4.79 Å². The lowest BCUT2D eigenvalue weighted by molar-refractivity contribution is -0.119. The number of halogens is 2. The van der Waals surface area contributed by atoms with Crippen LogP contribution in [0.3, 0.4) is 0 Å². The first-order valence-corrected chi connectivity index (χ1v) is 12.0. The molecule has 0 bridgehead atoms. The van der Waals surface area contributed by atoms with Gasteiger partial charge in [-0.3, -0.25) is 14.3 Å². The second kappa shape index (κ2) is 10.4. The molecule has 4 rings (SSSR count). The highest BCUT2D eigenvalue weighted by atomic mass is 35.5. The minimum atomic E-state index is -0.143. The maximum Gasteiger partial charge on any atom is 0.230 e. The highest BCUT2D eigenvalue weighted by Crippen LogP contribution is 2.31. The number of aromatic nitrogens is 4. The smallest absolute Gasteiger partial charge is 0.230 e. The largest absolute Gasteiger partial charge is 0.349 e. The SMILES string of the molecule is Cc1c(Cl)cccc1-n1c(SCC(=O)NC(C)c2ccc(Cl)cc2)nnc1-c1ccncc1. The van der Waals surface area contributed by atoms with Gasteiger partial charge < -0.3 is 5.32 Å². The molecule has 1 amide bonds. The molecule has 0 aliphatic heterocycles. The molecule has 6 nitrogen and oxygen atoms in total. The Morgan fingerprint density at radius 1 is 1.06 bits per heavy atom. The van der Waals surface area contributed by atoms with Gasteiger partial charge >= 0.3 is 0 Å². The molecule has 2 heterocycles. The van der Waals surface area contributed by atoms with Crippen LogP contribution in [0.4, 0.5) is 0 Å². The maximum absolute atomic E-state index is 12.7. The summed E-state index contributed by atoms with van der Waals surface area (Å²) in [6, 6.07) is 16.7. The standard InChI is InChI=1S/C24H21Cl2N5OS/c1-15-20(26)4-3-5-21(15)31-23(18-10-12-27-13-11-18)29-30-24(31)33-14-22(32)28-16(2)17-6-8-19(25)9-7-17/h3-13,16H,14H2,1-2H3,(H,28,32). The van der Waals surface area contributed by atoms with Gasteiger partial charge in [0.25, 0.3) is 0 Å². The second-order valence-corrected chi connectivity index (χ2v) is 9.18. The van der Waals surface area contributed by atoms with Gasteiger partial charge in [-0.25, -0.2) is 0 Å². The van der Waals surface area contributed by atoms with Crippen molar-refractivity contribution in [2.45, 2.75) is 25.0 Å². The number of rotatable bonds is 7. The van der Waals surface area contributed by atoms with Crippen molar-refractivity contribution in [3.05, 3.63) is 88.2 Å². The number of pyridine rings is 1. The maximum atomic E-state index is 12.7. The molecular weight excluding hydrogens is 477 g/mol. The molecule has 0 aliphatic rings. The summed E-state index contributed by atoms with van der Waals surface area (Å²) in [6.07, 6.45) is 3.41. The number of carbonyl (C=O) groups is 1. The van der Waals surface area contributed by atoms with Crippen molar-refractivity contribution in [3.63, 3.8) is 0 Å². The molecule has 1 unspecified atom stereocenters. The summed E-state index contributed by atoms with van der Waals surface area (Å²) in [5.41, 5.74) is 3.61. The van der Waals surface area contributed by atoms with Gasteiger partial charge in [-0.1, -0.05) is 53.2 Å². The van der Waals surface area contributed by atoms with Gasteiger partial charge in [-0.2, -0.15) is 0 Å². The van der Waals surface area contributed by atoms with Crippen LogP contribution in [0.25, 0.3) is 17.1 Å². The average molecular weight is 498 g/mol. The van der Waals surface area contributed by atoms with Crippen molar-refractivity contribution in [1.29, 1.82) is 0 Å². The molecule has 0 fully saturated rings. The summed E-state index contributed by atoms with van der Waals surface area (Å²) >= 11 is 13.7. The van der Waals surface area contributed by atoms with E-state index in [0.717, 1.165) is 22.4 Å². The number of hydrogen-bond acceptors (Lipinski definition) is 5. The first-order chi connectivity index (χ1) is 15.9. The Balaban J connectivity index is 1.57. The van der Waals surface area contributed by atoms with Crippen molar-refractivity contribution in [3.8, 4) is 17.1 Å². The molecule has 2 aromatic heterocycles. The fourth-order valence-corrected chi connectivity index (χ4v) is 4.41. The molecule has 0 spiro atoms. The van der Waals surface area contributed by atoms with E-state index < -0.39 is 0 Å². The van der Waals surface area contributed by atoms with Crippen LogP contribution in [0, 0.1) is 6.92 Å². The third-order valence-corrected chi connectivity index (χ3v) is 6.72. The quantitative estimate of drug-likeness (QED) is 0.321. The monoisotopic (exact) mass is 497 g/mol. The van der Waals surface area contributed by atoms with E-state index >= 15 is 0 Å². The number of amides is 1. The van der Waals surface area contributed by atoms with Crippen LogP contribution in [0.2, 0.25) is 10.0 Å². The Kier molecular flexibility index (Phi) is 7.33. The van der Waals surface area contributed by atoms with E-state index in [0.29, 0.717) is 21.0 Å². The summed E-state index contributed by atoms with van der Waals surface area (Å²) < 4.78 is 1.93. The first-order valence-electron chi connectivity index (χ1n) is 10.2. The number of hydrogen-bond donors (Lipinski definition) is 1. The molecule has 2 aromatic carbocycles. The lowest BCUT2D eigenvalue weighted by atomic mass is 10.1. The third kappa shape index (κ3) is 5.38. The molecule has 1 atom stereocenters. The van der Waals surface area contributed by atoms with E-state index in [1.54, 1.807) is 12.4 Å². The van der Waals surface area contributed by atoms with E-state index in [-0.39, 0.29) is 17.7 Å². The summed E-state index contributed by atoms with van der Waals surface area (Å²) in [7, 11) is 0. The zero-order valence-corrected chi connectivity index (χ0v) is 20.3. The highest BCUT2D eigenvalue weighted by molar-refractivity contribution is 7.99. The Morgan fingerprint density at radius 3 is 2.52 bits per heavy atom. The molecule has 9 heteroatoms. The number of thioether (sulfide) groups is 1. The normalized spacial score (nSPS) is 11.9. The highest BCUT2D eigenvalue weighted by Gasteiger charge is 2.20.